The number of halogens is 1. The van der Waals surface area contributed by atoms with E-state index in [1.165, 1.54) is 11.3 Å². The summed E-state index contributed by atoms with van der Waals surface area (Å²) in [5, 5.41) is 6.50. The smallest absolute Gasteiger partial charge is 0.306 e. The van der Waals surface area contributed by atoms with Gasteiger partial charge in [0, 0.05) is 11.8 Å². The van der Waals surface area contributed by atoms with Gasteiger partial charge in [-0.05, 0) is 19.1 Å². The molecule has 6 heteroatoms. The van der Waals surface area contributed by atoms with E-state index in [4.69, 9.17) is 16.3 Å². The maximum atomic E-state index is 11.3. The third-order valence-electron chi connectivity index (χ3n) is 2.56. The maximum Gasteiger partial charge on any atom is 0.306 e. The first-order chi connectivity index (χ1) is 9.69. The van der Waals surface area contributed by atoms with Gasteiger partial charge in [-0.2, -0.15) is 0 Å². The molecule has 0 aliphatic rings. The summed E-state index contributed by atoms with van der Waals surface area (Å²) < 4.78 is 4.89. The molecule has 0 saturated heterocycles. The Morgan fingerprint density at radius 1 is 1.45 bits per heavy atom. The minimum Gasteiger partial charge on any atom is -0.466 e. The van der Waals surface area contributed by atoms with Crippen LogP contribution in [0, 0.1) is 0 Å². The molecule has 0 atom stereocenters. The summed E-state index contributed by atoms with van der Waals surface area (Å²) in [7, 11) is 0. The molecule has 1 aromatic carbocycles. The highest BCUT2D eigenvalue weighted by Crippen LogP contribution is 2.26. The standard InChI is InChI=1S/C14H15ClN2O2S/c1-2-19-13(18)8-7-10-9-20-14(16-10)17-12-6-4-3-5-11(12)15/h3-6,9H,2,7-8H2,1H3,(H,16,17). The molecule has 0 aliphatic heterocycles. The highest BCUT2D eigenvalue weighted by atomic mass is 35.5. The third kappa shape index (κ3) is 4.21. The van der Waals surface area contributed by atoms with Crippen LogP contribution in [-0.2, 0) is 16.0 Å². The van der Waals surface area contributed by atoms with Crippen LogP contribution >= 0.6 is 22.9 Å². The number of hydrogen-bond acceptors (Lipinski definition) is 5. The Hall–Kier alpha value is -1.59. The van der Waals surface area contributed by atoms with E-state index < -0.39 is 0 Å². The zero-order valence-corrected chi connectivity index (χ0v) is 12.6. The highest BCUT2D eigenvalue weighted by molar-refractivity contribution is 7.13. The quantitative estimate of drug-likeness (QED) is 0.818. The molecule has 1 aromatic heterocycles. The number of anilines is 2. The van der Waals surface area contributed by atoms with E-state index in [1.807, 2.05) is 29.6 Å². The SMILES string of the molecule is CCOC(=O)CCc1csc(Nc2ccccc2Cl)n1. The van der Waals surface area contributed by atoms with Crippen LogP contribution in [0.15, 0.2) is 29.6 Å². The van der Waals surface area contributed by atoms with Crippen LogP contribution in [0.4, 0.5) is 10.8 Å². The fraction of sp³-hybridized carbons (Fsp3) is 0.286. The molecule has 0 saturated carbocycles. The molecule has 2 aromatic rings. The van der Waals surface area contributed by atoms with Gasteiger partial charge < -0.3 is 10.1 Å². The zero-order chi connectivity index (χ0) is 14.4. The third-order valence-corrected chi connectivity index (χ3v) is 3.69. The molecule has 0 radical (unpaired) electrons. The van der Waals surface area contributed by atoms with Crippen molar-refractivity contribution in [1.82, 2.24) is 4.98 Å². The Kier molecular flexibility index (Phi) is 5.38. The molecular formula is C14H15ClN2O2S. The van der Waals surface area contributed by atoms with Crippen LogP contribution in [0.5, 0.6) is 0 Å². The number of carbonyl (C=O) groups is 1. The summed E-state index contributed by atoms with van der Waals surface area (Å²) >= 11 is 7.56. The topological polar surface area (TPSA) is 51.2 Å². The number of carbonyl (C=O) groups excluding carboxylic acids is 1. The van der Waals surface area contributed by atoms with E-state index in [-0.39, 0.29) is 5.97 Å². The number of thiazole rings is 1. The van der Waals surface area contributed by atoms with Crippen molar-refractivity contribution in [3.63, 3.8) is 0 Å². The number of rotatable bonds is 6. The van der Waals surface area contributed by atoms with Gasteiger partial charge in [0.1, 0.15) is 0 Å². The van der Waals surface area contributed by atoms with Gasteiger partial charge in [0.2, 0.25) is 0 Å². The lowest BCUT2D eigenvalue weighted by Gasteiger charge is -2.04. The lowest BCUT2D eigenvalue weighted by Crippen LogP contribution is -2.05. The lowest BCUT2D eigenvalue weighted by atomic mass is 10.2. The summed E-state index contributed by atoms with van der Waals surface area (Å²) in [6.45, 7) is 2.21. The number of aromatic nitrogens is 1. The Bertz CT molecular complexity index is 586. The van der Waals surface area contributed by atoms with Gasteiger partial charge in [-0.3, -0.25) is 4.79 Å². The molecule has 1 N–H and O–H groups in total. The Balaban J connectivity index is 1.92. The van der Waals surface area contributed by atoms with Gasteiger partial charge >= 0.3 is 5.97 Å². The van der Waals surface area contributed by atoms with E-state index in [2.05, 4.69) is 10.3 Å². The van der Waals surface area contributed by atoms with E-state index in [1.54, 1.807) is 6.92 Å². The number of hydrogen-bond donors (Lipinski definition) is 1. The Morgan fingerprint density at radius 2 is 2.25 bits per heavy atom. The van der Waals surface area contributed by atoms with E-state index in [0.717, 1.165) is 16.5 Å². The first-order valence-electron chi connectivity index (χ1n) is 6.30. The van der Waals surface area contributed by atoms with E-state index in [9.17, 15) is 4.79 Å². The fourth-order valence-electron chi connectivity index (χ4n) is 1.62. The van der Waals surface area contributed by atoms with Crippen molar-refractivity contribution < 1.29 is 9.53 Å². The molecule has 4 nitrogen and oxygen atoms in total. The molecule has 106 valence electrons. The van der Waals surface area contributed by atoms with Gasteiger partial charge in [-0.1, -0.05) is 23.7 Å². The molecule has 1 heterocycles. The van der Waals surface area contributed by atoms with Gasteiger partial charge in [0.25, 0.3) is 0 Å². The number of nitrogens with one attached hydrogen (secondary N) is 1. The first kappa shape index (κ1) is 14.8. The number of nitrogens with zero attached hydrogens (tertiary/aromatic N) is 1. The van der Waals surface area contributed by atoms with Crippen molar-refractivity contribution in [2.45, 2.75) is 19.8 Å². The van der Waals surface area contributed by atoms with Crippen molar-refractivity contribution in [2.75, 3.05) is 11.9 Å². The largest absolute Gasteiger partial charge is 0.466 e. The zero-order valence-electron chi connectivity index (χ0n) is 11.1. The molecule has 0 aliphatic carbocycles. The number of ether oxygens (including phenoxy) is 1. The van der Waals surface area contributed by atoms with E-state index >= 15 is 0 Å². The summed E-state index contributed by atoms with van der Waals surface area (Å²) in [5.41, 5.74) is 1.69. The maximum absolute atomic E-state index is 11.3. The van der Waals surface area contributed by atoms with Crippen LogP contribution < -0.4 is 5.32 Å². The van der Waals surface area contributed by atoms with Crippen molar-refractivity contribution in [2.24, 2.45) is 0 Å². The van der Waals surface area contributed by atoms with Gasteiger partial charge in [-0.15, -0.1) is 11.3 Å². The second-order valence-corrected chi connectivity index (χ2v) is 5.32. The minimum absolute atomic E-state index is 0.193. The van der Waals surface area contributed by atoms with Crippen molar-refractivity contribution >= 4 is 39.7 Å². The van der Waals surface area contributed by atoms with Gasteiger partial charge in [0.05, 0.1) is 29.4 Å². The summed E-state index contributed by atoms with van der Waals surface area (Å²) in [4.78, 5) is 15.7. The molecule has 0 amide bonds. The van der Waals surface area contributed by atoms with Crippen molar-refractivity contribution in [3.05, 3.63) is 40.4 Å². The number of benzene rings is 1. The molecule has 0 fully saturated rings. The predicted molar refractivity (Wildman–Crippen MR) is 81.8 cm³/mol. The first-order valence-corrected chi connectivity index (χ1v) is 7.56. The molecule has 0 spiro atoms. The number of aryl methyl sites for hydroxylation is 1. The summed E-state index contributed by atoms with van der Waals surface area (Å²) in [5.74, 6) is -0.193. The number of para-hydroxylation sites is 1. The van der Waals surface area contributed by atoms with E-state index in [0.29, 0.717) is 24.5 Å². The average Bonchev–Trinajstić information content (AvgIpc) is 2.87. The summed E-state index contributed by atoms with van der Waals surface area (Å²) in [6, 6.07) is 7.49. The van der Waals surface area contributed by atoms with Crippen LogP contribution in [0.2, 0.25) is 5.02 Å². The van der Waals surface area contributed by atoms with Crippen LogP contribution in [0.25, 0.3) is 0 Å². The fourth-order valence-corrected chi connectivity index (χ4v) is 2.56. The Labute approximate surface area is 126 Å². The number of esters is 1. The van der Waals surface area contributed by atoms with Gasteiger partial charge in [0.15, 0.2) is 5.13 Å². The Morgan fingerprint density at radius 3 is 3.00 bits per heavy atom. The van der Waals surface area contributed by atoms with Crippen LogP contribution in [0.3, 0.4) is 0 Å². The second-order valence-electron chi connectivity index (χ2n) is 4.05. The molecule has 2 rings (SSSR count). The van der Waals surface area contributed by atoms with Crippen LogP contribution in [0.1, 0.15) is 19.0 Å². The second kappa shape index (κ2) is 7.26. The van der Waals surface area contributed by atoms with Crippen molar-refractivity contribution in [3.8, 4) is 0 Å². The van der Waals surface area contributed by atoms with Gasteiger partial charge in [-0.25, -0.2) is 4.98 Å². The monoisotopic (exact) mass is 310 g/mol. The normalized spacial score (nSPS) is 10.3. The molecule has 0 bridgehead atoms. The minimum atomic E-state index is -0.193. The molecular weight excluding hydrogens is 296 g/mol. The van der Waals surface area contributed by atoms with Crippen LogP contribution in [-0.4, -0.2) is 17.6 Å². The molecule has 0 unspecified atom stereocenters. The lowest BCUT2D eigenvalue weighted by molar-refractivity contribution is -0.143. The predicted octanol–water partition coefficient (Wildman–Crippen LogP) is 4.04. The highest BCUT2D eigenvalue weighted by Gasteiger charge is 2.07. The van der Waals surface area contributed by atoms with Crippen molar-refractivity contribution in [1.29, 1.82) is 0 Å². The summed E-state index contributed by atoms with van der Waals surface area (Å²) in [6.07, 6.45) is 0.933. The molecule has 20 heavy (non-hydrogen) atoms. The average molecular weight is 311 g/mol.